The number of amides is 1. The number of allylic oxidation sites excluding steroid dienone is 3. The van der Waals surface area contributed by atoms with E-state index in [0.29, 0.717) is 0 Å². The molecule has 0 aromatic heterocycles. The SMILES string of the molecule is CC(/C=C/C(O)=C1/C(=O)CNC1=O)=C\C(C)C1OC2(C)OC(C(=O)C3OC32CO)C1C. The van der Waals surface area contributed by atoms with Crippen molar-refractivity contribution in [2.24, 2.45) is 11.8 Å². The normalized spacial score (nSPS) is 42.5. The highest BCUT2D eigenvalue weighted by Gasteiger charge is 2.78. The van der Waals surface area contributed by atoms with E-state index in [0.717, 1.165) is 5.57 Å². The number of hydrogen-bond acceptors (Lipinski definition) is 8. The Hall–Kier alpha value is -2.33. The highest BCUT2D eigenvalue weighted by molar-refractivity contribution is 6.25. The number of fused-ring (bicyclic) bond motifs is 4. The molecule has 9 heteroatoms. The first-order chi connectivity index (χ1) is 14.5. The van der Waals surface area contributed by atoms with E-state index in [2.05, 4.69) is 5.32 Å². The van der Waals surface area contributed by atoms with Crippen LogP contribution in [0.2, 0.25) is 0 Å². The number of Topliss-reactive ketones (excluding diaryl/α,β-unsaturated/α-hetero) is 2. The largest absolute Gasteiger partial charge is 0.507 e. The van der Waals surface area contributed by atoms with E-state index in [1.165, 1.54) is 6.08 Å². The van der Waals surface area contributed by atoms with Crippen molar-refractivity contribution in [1.29, 1.82) is 0 Å². The van der Waals surface area contributed by atoms with Gasteiger partial charge < -0.3 is 29.7 Å². The second kappa shape index (κ2) is 7.37. The second-order valence-corrected chi connectivity index (χ2v) is 8.84. The number of epoxide rings is 1. The van der Waals surface area contributed by atoms with Crippen LogP contribution < -0.4 is 5.32 Å². The predicted molar refractivity (Wildman–Crippen MR) is 107 cm³/mol. The third kappa shape index (κ3) is 3.27. The van der Waals surface area contributed by atoms with Crippen molar-refractivity contribution >= 4 is 17.5 Å². The van der Waals surface area contributed by atoms with Crippen molar-refractivity contribution in [3.8, 4) is 0 Å². The van der Waals surface area contributed by atoms with Crippen LogP contribution in [0, 0.1) is 11.8 Å². The molecule has 0 radical (unpaired) electrons. The van der Waals surface area contributed by atoms with Gasteiger partial charge in [-0.05, 0) is 19.9 Å². The average Bonchev–Trinajstić information content (AvgIpc) is 3.40. The minimum absolute atomic E-state index is 0.116. The van der Waals surface area contributed by atoms with E-state index in [4.69, 9.17) is 14.2 Å². The summed E-state index contributed by atoms with van der Waals surface area (Å²) in [7, 11) is 0. The van der Waals surface area contributed by atoms with Crippen LogP contribution in [0.5, 0.6) is 0 Å². The Morgan fingerprint density at radius 3 is 2.58 bits per heavy atom. The molecule has 0 aromatic rings. The van der Waals surface area contributed by atoms with Gasteiger partial charge in [0.05, 0.1) is 19.3 Å². The van der Waals surface area contributed by atoms with E-state index in [1.807, 2.05) is 26.8 Å². The summed E-state index contributed by atoms with van der Waals surface area (Å²) >= 11 is 0. The molecule has 4 saturated heterocycles. The van der Waals surface area contributed by atoms with Crippen molar-refractivity contribution in [1.82, 2.24) is 5.32 Å². The maximum absolute atomic E-state index is 12.7. The Kier molecular flexibility index (Phi) is 5.20. The van der Waals surface area contributed by atoms with Crippen molar-refractivity contribution in [2.45, 2.75) is 57.4 Å². The van der Waals surface area contributed by atoms with E-state index in [9.17, 15) is 24.6 Å². The zero-order valence-electron chi connectivity index (χ0n) is 17.9. The Labute approximate surface area is 179 Å². The van der Waals surface area contributed by atoms with Gasteiger partial charge in [0.2, 0.25) is 5.79 Å². The van der Waals surface area contributed by atoms with Crippen LogP contribution in [0.4, 0.5) is 0 Å². The first-order valence-corrected chi connectivity index (χ1v) is 10.3. The second-order valence-electron chi connectivity index (χ2n) is 8.84. The molecular weight excluding hydrogens is 406 g/mol. The molecule has 0 saturated carbocycles. The van der Waals surface area contributed by atoms with Gasteiger partial charge in [-0.3, -0.25) is 14.4 Å². The smallest absolute Gasteiger partial charge is 0.259 e. The maximum atomic E-state index is 12.7. The van der Waals surface area contributed by atoms with Gasteiger partial charge in [0, 0.05) is 11.8 Å². The van der Waals surface area contributed by atoms with Gasteiger partial charge in [-0.15, -0.1) is 0 Å². The summed E-state index contributed by atoms with van der Waals surface area (Å²) in [6, 6.07) is 0. The fourth-order valence-corrected chi connectivity index (χ4v) is 4.82. The molecule has 7 unspecified atom stereocenters. The molecule has 7 atom stereocenters. The van der Waals surface area contributed by atoms with E-state index in [1.54, 1.807) is 13.0 Å². The van der Waals surface area contributed by atoms with Crippen LogP contribution in [0.15, 0.2) is 35.1 Å². The third-order valence-electron chi connectivity index (χ3n) is 6.67. The van der Waals surface area contributed by atoms with E-state index < -0.39 is 35.3 Å². The lowest BCUT2D eigenvalue weighted by Gasteiger charge is -2.51. The third-order valence-corrected chi connectivity index (χ3v) is 6.67. The first kappa shape index (κ1) is 21.9. The number of aliphatic hydroxyl groups is 2. The summed E-state index contributed by atoms with van der Waals surface area (Å²) in [4.78, 5) is 36.0. The predicted octanol–water partition coefficient (Wildman–Crippen LogP) is 0.485. The molecule has 168 valence electrons. The van der Waals surface area contributed by atoms with Crippen molar-refractivity contribution in [3.05, 3.63) is 35.1 Å². The van der Waals surface area contributed by atoms with Gasteiger partial charge in [-0.2, -0.15) is 0 Å². The van der Waals surface area contributed by atoms with Gasteiger partial charge in [0.1, 0.15) is 17.4 Å². The molecule has 2 bridgehead atoms. The molecule has 3 N–H and O–H groups in total. The molecule has 4 fully saturated rings. The molecule has 0 spiro atoms. The number of ketones is 2. The lowest BCUT2D eigenvalue weighted by molar-refractivity contribution is -0.355. The molecule has 0 aliphatic carbocycles. The minimum atomic E-state index is -1.23. The fraction of sp³-hybridized carbons (Fsp3) is 0.591. The molecule has 4 rings (SSSR count). The lowest BCUT2D eigenvalue weighted by Crippen LogP contribution is -2.67. The Balaban J connectivity index is 1.53. The van der Waals surface area contributed by atoms with Crippen LogP contribution in [0.25, 0.3) is 0 Å². The van der Waals surface area contributed by atoms with Gasteiger partial charge in [-0.1, -0.05) is 31.6 Å². The monoisotopic (exact) mass is 433 g/mol. The Morgan fingerprint density at radius 2 is 1.97 bits per heavy atom. The quantitative estimate of drug-likeness (QED) is 0.187. The summed E-state index contributed by atoms with van der Waals surface area (Å²) in [5.41, 5.74) is -0.637. The Bertz CT molecular complexity index is 918. The molecular formula is C22H27NO8. The van der Waals surface area contributed by atoms with Gasteiger partial charge in [0.25, 0.3) is 5.91 Å². The molecule has 0 aromatic carbocycles. The summed E-state index contributed by atoms with van der Waals surface area (Å²) in [6.07, 6.45) is 3.07. The van der Waals surface area contributed by atoms with E-state index >= 15 is 0 Å². The summed E-state index contributed by atoms with van der Waals surface area (Å²) in [5, 5.41) is 22.3. The number of rotatable bonds is 5. The first-order valence-electron chi connectivity index (χ1n) is 10.3. The van der Waals surface area contributed by atoms with Crippen LogP contribution in [-0.2, 0) is 28.6 Å². The topological polar surface area (TPSA) is 135 Å². The lowest BCUT2D eigenvalue weighted by atomic mass is 9.78. The van der Waals surface area contributed by atoms with Crippen molar-refractivity contribution in [3.63, 3.8) is 0 Å². The van der Waals surface area contributed by atoms with Crippen LogP contribution >= 0.6 is 0 Å². The maximum Gasteiger partial charge on any atom is 0.259 e. The zero-order valence-corrected chi connectivity index (χ0v) is 17.9. The number of carbonyl (C=O) groups is 3. The standard InChI is InChI=1S/C22H27NO8/c1-10(5-6-13(25)15-14(26)8-23-20(15)28)7-11(2)17-12(3)18-16(27)19-22(9-24,31-19)21(4,29-17)30-18/h5-7,11-12,17-19,24-25H,8-9H2,1-4H3,(H,23,28)/b6-5+,10-7+,15-13+. The molecule has 4 aliphatic heterocycles. The number of carbonyl (C=O) groups excluding carboxylic acids is 3. The summed E-state index contributed by atoms with van der Waals surface area (Å²) in [6.45, 7) is 6.84. The number of nitrogens with one attached hydrogen (secondary N) is 1. The molecule has 31 heavy (non-hydrogen) atoms. The molecule has 4 heterocycles. The van der Waals surface area contributed by atoms with Crippen molar-refractivity contribution in [2.75, 3.05) is 13.2 Å². The van der Waals surface area contributed by atoms with Gasteiger partial charge >= 0.3 is 0 Å². The Morgan fingerprint density at radius 1 is 1.26 bits per heavy atom. The zero-order chi connectivity index (χ0) is 22.7. The number of ether oxygens (including phenoxy) is 3. The fourth-order valence-electron chi connectivity index (χ4n) is 4.82. The van der Waals surface area contributed by atoms with Crippen LogP contribution in [0.1, 0.15) is 27.7 Å². The minimum Gasteiger partial charge on any atom is -0.507 e. The van der Waals surface area contributed by atoms with E-state index in [-0.39, 0.29) is 48.2 Å². The average molecular weight is 433 g/mol. The van der Waals surface area contributed by atoms with Gasteiger partial charge in [-0.25, -0.2) is 0 Å². The van der Waals surface area contributed by atoms with Crippen molar-refractivity contribution < 1.29 is 38.8 Å². The number of aliphatic hydroxyl groups excluding tert-OH is 2. The van der Waals surface area contributed by atoms with Crippen LogP contribution in [-0.4, -0.2) is 70.5 Å². The molecule has 4 aliphatic rings. The summed E-state index contributed by atoms with van der Waals surface area (Å²) < 4.78 is 17.8. The van der Waals surface area contributed by atoms with Crippen LogP contribution in [0.3, 0.4) is 0 Å². The molecule has 9 nitrogen and oxygen atoms in total. The summed E-state index contributed by atoms with van der Waals surface area (Å²) in [5.74, 6) is -3.20. The highest BCUT2D eigenvalue weighted by atomic mass is 16.8. The highest BCUT2D eigenvalue weighted by Crippen LogP contribution is 2.57. The number of hydrogen-bond donors (Lipinski definition) is 3. The molecule has 1 amide bonds. The van der Waals surface area contributed by atoms with Gasteiger partial charge in [0.15, 0.2) is 23.3 Å².